The van der Waals surface area contributed by atoms with Gasteiger partial charge in [0.2, 0.25) is 0 Å². The van der Waals surface area contributed by atoms with Crippen LogP contribution in [-0.2, 0) is 0 Å². The van der Waals surface area contributed by atoms with Crippen molar-refractivity contribution < 1.29 is 5.11 Å². The highest BCUT2D eigenvalue weighted by Crippen LogP contribution is 2.30. The number of hydrogen-bond donors (Lipinski definition) is 1. The van der Waals surface area contributed by atoms with Crippen LogP contribution in [0.3, 0.4) is 0 Å². The molecule has 0 spiro atoms. The van der Waals surface area contributed by atoms with Crippen LogP contribution in [0.1, 0.15) is 11.1 Å². The van der Waals surface area contributed by atoms with Gasteiger partial charge in [0.05, 0.1) is 11.6 Å². The maximum atomic E-state index is 9.77. The van der Waals surface area contributed by atoms with Crippen LogP contribution in [0.25, 0.3) is 11.1 Å². The molecule has 16 heavy (non-hydrogen) atoms. The van der Waals surface area contributed by atoms with E-state index in [2.05, 4.69) is 6.07 Å². The van der Waals surface area contributed by atoms with E-state index < -0.39 is 0 Å². The Morgan fingerprint density at radius 2 is 1.94 bits per heavy atom. The summed E-state index contributed by atoms with van der Waals surface area (Å²) >= 11 is 0. The van der Waals surface area contributed by atoms with Crippen molar-refractivity contribution in [3.8, 4) is 22.9 Å². The zero-order valence-electron chi connectivity index (χ0n) is 8.94. The summed E-state index contributed by atoms with van der Waals surface area (Å²) in [6, 6.07) is 14.8. The summed E-state index contributed by atoms with van der Waals surface area (Å²) in [6.07, 6.45) is 0. The molecule has 0 atom stereocenters. The van der Waals surface area contributed by atoms with Gasteiger partial charge in [0.15, 0.2) is 0 Å². The van der Waals surface area contributed by atoms with E-state index in [0.717, 1.165) is 11.1 Å². The molecule has 0 aliphatic rings. The average molecular weight is 209 g/mol. The molecule has 1 N–H and O–H groups in total. The number of hydrogen-bond acceptors (Lipinski definition) is 2. The maximum Gasteiger partial charge on any atom is 0.123 e. The molecule has 2 aromatic rings. The molecular formula is C14H11NO. The van der Waals surface area contributed by atoms with Gasteiger partial charge in [-0.25, -0.2) is 0 Å². The Hall–Kier alpha value is -2.27. The second kappa shape index (κ2) is 4.08. The van der Waals surface area contributed by atoms with Crippen LogP contribution in [0.4, 0.5) is 0 Å². The molecule has 0 heterocycles. The van der Waals surface area contributed by atoms with Crippen molar-refractivity contribution in [3.05, 3.63) is 53.6 Å². The first kappa shape index (κ1) is 10.3. The Morgan fingerprint density at radius 1 is 1.12 bits per heavy atom. The molecule has 0 unspecified atom stereocenters. The summed E-state index contributed by atoms with van der Waals surface area (Å²) in [4.78, 5) is 0. The van der Waals surface area contributed by atoms with E-state index in [1.807, 2.05) is 31.2 Å². The number of aryl methyl sites for hydroxylation is 1. The molecule has 2 nitrogen and oxygen atoms in total. The molecule has 0 saturated heterocycles. The molecule has 0 saturated carbocycles. The predicted molar refractivity (Wildman–Crippen MR) is 63.0 cm³/mol. The van der Waals surface area contributed by atoms with E-state index >= 15 is 0 Å². The summed E-state index contributed by atoms with van der Waals surface area (Å²) in [7, 11) is 0. The molecule has 0 bridgehead atoms. The van der Waals surface area contributed by atoms with Crippen molar-refractivity contribution >= 4 is 0 Å². The SMILES string of the molecule is Cc1cccc(-c2cc(C#N)ccc2O)c1. The lowest BCUT2D eigenvalue weighted by Gasteiger charge is -2.05. The predicted octanol–water partition coefficient (Wildman–Crippen LogP) is 3.24. The fourth-order valence-corrected chi connectivity index (χ4v) is 1.65. The first-order valence-electron chi connectivity index (χ1n) is 5.01. The maximum absolute atomic E-state index is 9.77. The highest BCUT2D eigenvalue weighted by molar-refractivity contribution is 5.72. The molecule has 0 aliphatic heterocycles. The summed E-state index contributed by atoms with van der Waals surface area (Å²) < 4.78 is 0. The van der Waals surface area contributed by atoms with Crippen molar-refractivity contribution in [3.63, 3.8) is 0 Å². The van der Waals surface area contributed by atoms with Gasteiger partial charge in [-0.3, -0.25) is 0 Å². The van der Waals surface area contributed by atoms with Crippen molar-refractivity contribution in [1.29, 1.82) is 5.26 Å². The summed E-state index contributed by atoms with van der Waals surface area (Å²) in [5.74, 6) is 0.199. The Kier molecular flexibility index (Phi) is 2.61. The van der Waals surface area contributed by atoms with Gasteiger partial charge in [-0.15, -0.1) is 0 Å². The summed E-state index contributed by atoms with van der Waals surface area (Å²) in [6.45, 7) is 1.99. The Balaban J connectivity index is 2.60. The standard InChI is InChI=1S/C14H11NO/c1-10-3-2-4-12(7-10)13-8-11(9-15)5-6-14(13)16/h2-8,16H,1H3. The Morgan fingerprint density at radius 3 is 2.62 bits per heavy atom. The second-order valence-corrected chi connectivity index (χ2v) is 3.71. The second-order valence-electron chi connectivity index (χ2n) is 3.71. The lowest BCUT2D eigenvalue weighted by Crippen LogP contribution is -1.82. The van der Waals surface area contributed by atoms with Crippen LogP contribution in [0.2, 0.25) is 0 Å². The molecule has 2 aromatic carbocycles. The van der Waals surface area contributed by atoms with Gasteiger partial charge in [-0.05, 0) is 30.7 Å². The first-order chi connectivity index (χ1) is 7.70. The van der Waals surface area contributed by atoms with Crippen LogP contribution >= 0.6 is 0 Å². The average Bonchev–Trinajstić information content (AvgIpc) is 2.30. The van der Waals surface area contributed by atoms with E-state index in [1.54, 1.807) is 18.2 Å². The quantitative estimate of drug-likeness (QED) is 0.783. The van der Waals surface area contributed by atoms with Gasteiger partial charge in [-0.2, -0.15) is 5.26 Å². The fourth-order valence-electron chi connectivity index (χ4n) is 1.65. The molecule has 0 aromatic heterocycles. The van der Waals surface area contributed by atoms with E-state index in [-0.39, 0.29) is 5.75 Å². The van der Waals surface area contributed by atoms with Crippen molar-refractivity contribution in [1.82, 2.24) is 0 Å². The van der Waals surface area contributed by atoms with E-state index in [9.17, 15) is 5.11 Å². The minimum absolute atomic E-state index is 0.199. The third-order valence-corrected chi connectivity index (χ3v) is 2.45. The number of nitrogens with zero attached hydrogens (tertiary/aromatic N) is 1. The lowest BCUT2D eigenvalue weighted by atomic mass is 10.0. The largest absolute Gasteiger partial charge is 0.507 e. The molecule has 0 aliphatic carbocycles. The molecule has 2 heteroatoms. The summed E-state index contributed by atoms with van der Waals surface area (Å²) in [5, 5.41) is 18.6. The van der Waals surface area contributed by atoms with Gasteiger partial charge < -0.3 is 5.11 Å². The molecule has 0 radical (unpaired) electrons. The minimum Gasteiger partial charge on any atom is -0.507 e. The van der Waals surface area contributed by atoms with E-state index in [0.29, 0.717) is 11.1 Å². The highest BCUT2D eigenvalue weighted by Gasteiger charge is 2.05. The van der Waals surface area contributed by atoms with Crippen LogP contribution in [0, 0.1) is 18.3 Å². The van der Waals surface area contributed by atoms with E-state index in [1.165, 1.54) is 0 Å². The molecular weight excluding hydrogens is 198 g/mol. The summed E-state index contributed by atoms with van der Waals surface area (Å²) in [5.41, 5.74) is 3.30. The van der Waals surface area contributed by atoms with Crippen molar-refractivity contribution in [2.24, 2.45) is 0 Å². The Labute approximate surface area is 94.4 Å². The number of phenolic OH excluding ortho intramolecular Hbond substituents is 1. The highest BCUT2D eigenvalue weighted by atomic mass is 16.3. The molecule has 0 fully saturated rings. The van der Waals surface area contributed by atoms with Crippen LogP contribution in [0.5, 0.6) is 5.75 Å². The number of benzene rings is 2. The number of phenols is 1. The van der Waals surface area contributed by atoms with Gasteiger partial charge in [0.25, 0.3) is 0 Å². The normalized spacial score (nSPS) is 9.75. The minimum atomic E-state index is 0.199. The number of rotatable bonds is 1. The van der Waals surface area contributed by atoms with Crippen LogP contribution < -0.4 is 0 Å². The Bertz CT molecular complexity index is 567. The van der Waals surface area contributed by atoms with Gasteiger partial charge in [-0.1, -0.05) is 29.8 Å². The van der Waals surface area contributed by atoms with Gasteiger partial charge in [0, 0.05) is 5.56 Å². The molecule has 2 rings (SSSR count). The fraction of sp³-hybridized carbons (Fsp3) is 0.0714. The molecule has 78 valence electrons. The topological polar surface area (TPSA) is 44.0 Å². The smallest absolute Gasteiger partial charge is 0.123 e. The van der Waals surface area contributed by atoms with E-state index in [4.69, 9.17) is 5.26 Å². The number of aromatic hydroxyl groups is 1. The number of nitriles is 1. The van der Waals surface area contributed by atoms with Crippen LogP contribution in [-0.4, -0.2) is 5.11 Å². The third kappa shape index (κ3) is 1.89. The van der Waals surface area contributed by atoms with Crippen LogP contribution in [0.15, 0.2) is 42.5 Å². The zero-order chi connectivity index (χ0) is 11.5. The third-order valence-electron chi connectivity index (χ3n) is 2.45. The zero-order valence-corrected chi connectivity index (χ0v) is 8.94. The van der Waals surface area contributed by atoms with Gasteiger partial charge in [0.1, 0.15) is 5.75 Å². The first-order valence-corrected chi connectivity index (χ1v) is 5.01. The molecule has 0 amide bonds. The lowest BCUT2D eigenvalue weighted by molar-refractivity contribution is 0.477. The van der Waals surface area contributed by atoms with Crippen molar-refractivity contribution in [2.75, 3.05) is 0 Å². The van der Waals surface area contributed by atoms with Gasteiger partial charge >= 0.3 is 0 Å². The monoisotopic (exact) mass is 209 g/mol. The van der Waals surface area contributed by atoms with Crippen molar-refractivity contribution in [2.45, 2.75) is 6.92 Å².